The molecule has 3 aromatic heterocycles. The first kappa shape index (κ1) is 15.0. The van der Waals surface area contributed by atoms with Crippen LogP contribution in [-0.4, -0.2) is 37.5 Å². The molecule has 4 heterocycles. The van der Waals surface area contributed by atoms with Crippen molar-refractivity contribution in [3.8, 4) is 0 Å². The minimum atomic E-state index is -0.316. The van der Waals surface area contributed by atoms with Crippen molar-refractivity contribution in [2.75, 3.05) is 13.1 Å². The molecule has 1 fully saturated rings. The lowest BCUT2D eigenvalue weighted by Gasteiger charge is -2.32. The Morgan fingerprint density at radius 2 is 2.04 bits per heavy atom. The van der Waals surface area contributed by atoms with Crippen molar-refractivity contribution in [1.82, 2.24) is 24.4 Å². The number of aromatic nitrogens is 4. The molecular formula is C17H18FN5O. The van der Waals surface area contributed by atoms with Crippen LogP contribution in [0.2, 0.25) is 0 Å². The van der Waals surface area contributed by atoms with E-state index in [4.69, 9.17) is 0 Å². The molecule has 0 bridgehead atoms. The molecule has 0 aromatic carbocycles. The van der Waals surface area contributed by atoms with Gasteiger partial charge in [0, 0.05) is 31.9 Å². The van der Waals surface area contributed by atoms with Crippen LogP contribution in [0.4, 0.5) is 4.39 Å². The van der Waals surface area contributed by atoms with Gasteiger partial charge in [-0.25, -0.2) is 14.2 Å². The zero-order valence-corrected chi connectivity index (χ0v) is 13.2. The molecule has 0 spiro atoms. The standard InChI is InChI=1S/C17H18FN5O/c18-12-3-4-13(20-10-12)11-22-8-5-14(6-9-22)23-16-15(21-17(23)24)2-1-7-19-16/h1-4,7,10,14H,5-6,8-9,11H2,(H,21,24). The van der Waals surface area contributed by atoms with E-state index >= 15 is 0 Å². The van der Waals surface area contributed by atoms with Crippen molar-refractivity contribution in [3.05, 3.63) is 58.7 Å². The molecule has 1 aliphatic heterocycles. The minimum Gasteiger partial charge on any atom is -0.304 e. The quantitative estimate of drug-likeness (QED) is 0.800. The molecule has 6 nitrogen and oxygen atoms in total. The fourth-order valence-electron chi connectivity index (χ4n) is 3.36. The summed E-state index contributed by atoms with van der Waals surface area (Å²) in [6.07, 6.45) is 4.72. The molecule has 0 amide bonds. The number of aromatic amines is 1. The minimum absolute atomic E-state index is 0.0950. The van der Waals surface area contributed by atoms with Crippen molar-refractivity contribution in [2.45, 2.75) is 25.4 Å². The van der Waals surface area contributed by atoms with Crippen molar-refractivity contribution in [2.24, 2.45) is 0 Å². The van der Waals surface area contributed by atoms with Crippen LogP contribution in [0.1, 0.15) is 24.6 Å². The van der Waals surface area contributed by atoms with Crippen LogP contribution in [0.5, 0.6) is 0 Å². The van der Waals surface area contributed by atoms with Gasteiger partial charge in [-0.2, -0.15) is 0 Å². The maximum absolute atomic E-state index is 12.9. The number of nitrogens with zero attached hydrogens (tertiary/aromatic N) is 4. The van der Waals surface area contributed by atoms with E-state index in [1.54, 1.807) is 16.8 Å². The van der Waals surface area contributed by atoms with Gasteiger partial charge in [0.2, 0.25) is 0 Å². The average Bonchev–Trinajstić information content (AvgIpc) is 2.93. The number of pyridine rings is 2. The van der Waals surface area contributed by atoms with Crippen LogP contribution in [0.25, 0.3) is 11.2 Å². The Morgan fingerprint density at radius 3 is 2.79 bits per heavy atom. The summed E-state index contributed by atoms with van der Waals surface area (Å²) in [5.41, 5.74) is 2.27. The number of fused-ring (bicyclic) bond motifs is 1. The lowest BCUT2D eigenvalue weighted by atomic mass is 10.0. The van der Waals surface area contributed by atoms with E-state index in [2.05, 4.69) is 19.9 Å². The van der Waals surface area contributed by atoms with Crippen molar-refractivity contribution in [1.29, 1.82) is 0 Å². The Kier molecular flexibility index (Phi) is 3.86. The van der Waals surface area contributed by atoms with Crippen LogP contribution < -0.4 is 5.69 Å². The first-order valence-electron chi connectivity index (χ1n) is 8.09. The average molecular weight is 327 g/mol. The van der Waals surface area contributed by atoms with Crippen LogP contribution >= 0.6 is 0 Å². The zero-order chi connectivity index (χ0) is 16.5. The van der Waals surface area contributed by atoms with E-state index in [1.807, 2.05) is 12.1 Å². The summed E-state index contributed by atoms with van der Waals surface area (Å²) >= 11 is 0. The highest BCUT2D eigenvalue weighted by molar-refractivity contribution is 5.70. The van der Waals surface area contributed by atoms with Crippen LogP contribution in [-0.2, 0) is 6.54 Å². The van der Waals surface area contributed by atoms with E-state index in [9.17, 15) is 9.18 Å². The van der Waals surface area contributed by atoms with Gasteiger partial charge in [0.25, 0.3) is 0 Å². The van der Waals surface area contributed by atoms with Gasteiger partial charge >= 0.3 is 5.69 Å². The van der Waals surface area contributed by atoms with Gasteiger partial charge in [-0.1, -0.05) is 0 Å². The number of hydrogen-bond donors (Lipinski definition) is 1. The Hall–Kier alpha value is -2.54. The topological polar surface area (TPSA) is 66.8 Å². The van der Waals surface area contributed by atoms with Gasteiger partial charge in [0.15, 0.2) is 5.65 Å². The van der Waals surface area contributed by atoms with Gasteiger partial charge in [0.1, 0.15) is 5.82 Å². The number of piperidine rings is 1. The summed E-state index contributed by atoms with van der Waals surface area (Å²) in [6.45, 7) is 2.44. The number of hydrogen-bond acceptors (Lipinski definition) is 4. The zero-order valence-electron chi connectivity index (χ0n) is 13.2. The molecule has 1 N–H and O–H groups in total. The molecule has 0 aliphatic carbocycles. The number of H-pyrrole nitrogens is 1. The molecule has 7 heteroatoms. The fourth-order valence-corrected chi connectivity index (χ4v) is 3.36. The second-order valence-electron chi connectivity index (χ2n) is 6.15. The van der Waals surface area contributed by atoms with E-state index in [1.165, 1.54) is 12.3 Å². The lowest BCUT2D eigenvalue weighted by Crippen LogP contribution is -2.36. The third-order valence-electron chi connectivity index (χ3n) is 4.57. The molecule has 1 saturated heterocycles. The highest BCUT2D eigenvalue weighted by atomic mass is 19.1. The molecule has 0 saturated carbocycles. The smallest absolute Gasteiger partial charge is 0.304 e. The van der Waals surface area contributed by atoms with Gasteiger partial charge in [-0.15, -0.1) is 0 Å². The second kappa shape index (κ2) is 6.16. The van der Waals surface area contributed by atoms with Gasteiger partial charge in [-0.05, 0) is 37.1 Å². The number of nitrogens with one attached hydrogen (secondary N) is 1. The molecular weight excluding hydrogens is 309 g/mol. The second-order valence-corrected chi connectivity index (χ2v) is 6.15. The van der Waals surface area contributed by atoms with E-state index in [-0.39, 0.29) is 17.5 Å². The molecule has 124 valence electrons. The maximum atomic E-state index is 12.9. The van der Waals surface area contributed by atoms with E-state index in [0.717, 1.165) is 42.8 Å². The third kappa shape index (κ3) is 2.82. The molecule has 0 unspecified atom stereocenters. The predicted octanol–water partition coefficient (Wildman–Crippen LogP) is 2.10. The fraction of sp³-hybridized carbons (Fsp3) is 0.353. The Balaban J connectivity index is 1.46. The Morgan fingerprint density at radius 1 is 1.21 bits per heavy atom. The normalized spacial score (nSPS) is 16.7. The Labute approximate surface area is 138 Å². The van der Waals surface area contributed by atoms with Gasteiger partial charge in [0.05, 0.1) is 17.4 Å². The maximum Gasteiger partial charge on any atom is 0.327 e. The predicted molar refractivity (Wildman–Crippen MR) is 88.1 cm³/mol. The van der Waals surface area contributed by atoms with Crippen LogP contribution in [0, 0.1) is 5.82 Å². The summed E-state index contributed by atoms with van der Waals surface area (Å²) in [4.78, 5) is 25.9. The number of imidazole rings is 1. The summed E-state index contributed by atoms with van der Waals surface area (Å²) in [5, 5.41) is 0. The molecule has 24 heavy (non-hydrogen) atoms. The van der Waals surface area contributed by atoms with E-state index in [0.29, 0.717) is 6.54 Å². The first-order valence-corrected chi connectivity index (χ1v) is 8.09. The van der Waals surface area contributed by atoms with Crippen molar-refractivity contribution >= 4 is 11.2 Å². The molecule has 3 aromatic rings. The molecule has 0 radical (unpaired) electrons. The lowest BCUT2D eigenvalue weighted by molar-refractivity contribution is 0.178. The molecule has 0 atom stereocenters. The van der Waals surface area contributed by atoms with Crippen LogP contribution in [0.15, 0.2) is 41.5 Å². The Bertz CT molecular complexity index is 893. The number of rotatable bonds is 3. The number of likely N-dealkylation sites (tertiary alicyclic amines) is 1. The SMILES string of the molecule is O=c1[nH]c2cccnc2n1C1CCN(Cc2ccc(F)cn2)CC1. The van der Waals surface area contributed by atoms with E-state index < -0.39 is 0 Å². The highest BCUT2D eigenvalue weighted by Gasteiger charge is 2.24. The summed E-state index contributed by atoms with van der Waals surface area (Å²) in [7, 11) is 0. The third-order valence-corrected chi connectivity index (χ3v) is 4.57. The first-order chi connectivity index (χ1) is 11.7. The van der Waals surface area contributed by atoms with Gasteiger partial charge < -0.3 is 4.98 Å². The summed E-state index contributed by atoms with van der Waals surface area (Å²) in [5.74, 6) is -0.316. The monoisotopic (exact) mass is 327 g/mol. The van der Waals surface area contributed by atoms with Crippen molar-refractivity contribution < 1.29 is 4.39 Å². The molecule has 4 rings (SSSR count). The largest absolute Gasteiger partial charge is 0.327 e. The summed E-state index contributed by atoms with van der Waals surface area (Å²) in [6, 6.07) is 7.00. The highest BCUT2D eigenvalue weighted by Crippen LogP contribution is 2.24. The van der Waals surface area contributed by atoms with Gasteiger partial charge in [-0.3, -0.25) is 14.5 Å². The van der Waals surface area contributed by atoms with Crippen molar-refractivity contribution in [3.63, 3.8) is 0 Å². The van der Waals surface area contributed by atoms with Crippen LogP contribution in [0.3, 0.4) is 0 Å². The molecule has 1 aliphatic rings. The number of halogens is 1. The summed E-state index contributed by atoms with van der Waals surface area (Å²) < 4.78 is 14.7.